The number of nitrogens with zero attached hydrogens (tertiary/aromatic N) is 2. The van der Waals surface area contributed by atoms with Crippen molar-refractivity contribution in [1.29, 1.82) is 0 Å². The number of aromatic nitrogens is 2. The monoisotopic (exact) mass is 275 g/mol. The van der Waals surface area contributed by atoms with Gasteiger partial charge in [-0.2, -0.15) is 0 Å². The SMILES string of the molecule is CC1CCCC(n2cncc2C2(C)CCNCC2)C1C. The molecule has 3 heteroatoms. The molecule has 2 aliphatic rings. The molecule has 2 heterocycles. The molecular weight excluding hydrogens is 246 g/mol. The summed E-state index contributed by atoms with van der Waals surface area (Å²) in [6, 6.07) is 0.656. The molecule has 3 nitrogen and oxygen atoms in total. The Morgan fingerprint density at radius 3 is 2.75 bits per heavy atom. The summed E-state index contributed by atoms with van der Waals surface area (Å²) in [4.78, 5) is 4.52. The maximum absolute atomic E-state index is 4.52. The van der Waals surface area contributed by atoms with Gasteiger partial charge in [-0.05, 0) is 44.2 Å². The third kappa shape index (κ3) is 2.41. The van der Waals surface area contributed by atoms with Crippen LogP contribution in [0.2, 0.25) is 0 Å². The molecule has 1 saturated carbocycles. The largest absolute Gasteiger partial charge is 0.331 e. The van der Waals surface area contributed by atoms with Crippen molar-refractivity contribution >= 4 is 0 Å². The molecule has 2 fully saturated rings. The lowest BCUT2D eigenvalue weighted by Crippen LogP contribution is -2.40. The highest BCUT2D eigenvalue weighted by molar-refractivity contribution is 5.17. The van der Waals surface area contributed by atoms with Gasteiger partial charge in [0, 0.05) is 23.3 Å². The molecule has 0 radical (unpaired) electrons. The molecule has 3 atom stereocenters. The fourth-order valence-corrected chi connectivity index (χ4v) is 4.22. The Labute approximate surface area is 123 Å². The average molecular weight is 275 g/mol. The van der Waals surface area contributed by atoms with Crippen LogP contribution in [0.3, 0.4) is 0 Å². The Morgan fingerprint density at radius 1 is 1.25 bits per heavy atom. The smallest absolute Gasteiger partial charge is 0.0951 e. The molecule has 1 aromatic heterocycles. The summed E-state index contributed by atoms with van der Waals surface area (Å²) in [5, 5.41) is 3.49. The van der Waals surface area contributed by atoms with Crippen molar-refractivity contribution in [2.75, 3.05) is 13.1 Å². The first-order chi connectivity index (χ1) is 9.62. The molecule has 1 aliphatic carbocycles. The molecule has 1 aromatic rings. The van der Waals surface area contributed by atoms with E-state index in [2.05, 4.69) is 48.2 Å². The van der Waals surface area contributed by atoms with Gasteiger partial charge in [0.05, 0.1) is 6.33 Å². The minimum absolute atomic E-state index is 0.308. The van der Waals surface area contributed by atoms with Gasteiger partial charge in [-0.1, -0.05) is 33.6 Å². The van der Waals surface area contributed by atoms with Gasteiger partial charge in [0.1, 0.15) is 0 Å². The van der Waals surface area contributed by atoms with Crippen molar-refractivity contribution in [2.24, 2.45) is 11.8 Å². The minimum Gasteiger partial charge on any atom is -0.331 e. The van der Waals surface area contributed by atoms with Gasteiger partial charge in [0.25, 0.3) is 0 Å². The molecule has 3 rings (SSSR count). The number of imidazole rings is 1. The van der Waals surface area contributed by atoms with Crippen LogP contribution >= 0.6 is 0 Å². The minimum atomic E-state index is 0.308. The van der Waals surface area contributed by atoms with Crippen LogP contribution in [0.4, 0.5) is 0 Å². The molecule has 0 amide bonds. The molecule has 1 saturated heterocycles. The highest BCUT2D eigenvalue weighted by atomic mass is 15.1. The quantitative estimate of drug-likeness (QED) is 0.895. The Balaban J connectivity index is 1.89. The van der Waals surface area contributed by atoms with E-state index in [1.807, 2.05) is 0 Å². The lowest BCUT2D eigenvalue weighted by Gasteiger charge is -2.40. The molecule has 0 bridgehead atoms. The van der Waals surface area contributed by atoms with E-state index >= 15 is 0 Å². The molecule has 20 heavy (non-hydrogen) atoms. The summed E-state index contributed by atoms with van der Waals surface area (Å²) in [6.45, 7) is 9.55. The van der Waals surface area contributed by atoms with Gasteiger partial charge in [0.15, 0.2) is 0 Å². The second-order valence-electron chi connectivity index (χ2n) is 7.33. The zero-order chi connectivity index (χ0) is 14.2. The average Bonchev–Trinajstić information content (AvgIpc) is 2.93. The maximum atomic E-state index is 4.52. The van der Waals surface area contributed by atoms with E-state index in [4.69, 9.17) is 0 Å². The van der Waals surface area contributed by atoms with E-state index in [0.29, 0.717) is 11.5 Å². The van der Waals surface area contributed by atoms with Gasteiger partial charge >= 0.3 is 0 Å². The first-order valence-corrected chi connectivity index (χ1v) is 8.35. The molecular formula is C17H29N3. The van der Waals surface area contributed by atoms with E-state index in [1.54, 1.807) is 0 Å². The standard InChI is InChI=1S/C17H29N3/c1-13-5-4-6-15(14(13)2)20-12-19-11-16(20)17(3)7-9-18-10-8-17/h11-15,18H,4-10H2,1-3H3. The molecule has 1 N–H and O–H groups in total. The molecule has 3 unspecified atom stereocenters. The van der Waals surface area contributed by atoms with Crippen LogP contribution in [0.15, 0.2) is 12.5 Å². The zero-order valence-corrected chi connectivity index (χ0v) is 13.2. The first-order valence-electron chi connectivity index (χ1n) is 8.35. The Bertz CT molecular complexity index is 445. The van der Waals surface area contributed by atoms with E-state index in [-0.39, 0.29) is 0 Å². The highest BCUT2D eigenvalue weighted by Crippen LogP contribution is 2.41. The van der Waals surface area contributed by atoms with Crippen LogP contribution < -0.4 is 5.32 Å². The number of rotatable bonds is 2. The topological polar surface area (TPSA) is 29.9 Å². The first kappa shape index (κ1) is 14.1. The Hall–Kier alpha value is -0.830. The van der Waals surface area contributed by atoms with E-state index in [0.717, 1.165) is 24.9 Å². The van der Waals surface area contributed by atoms with Crippen LogP contribution in [-0.2, 0) is 5.41 Å². The Kier molecular flexibility index (Phi) is 3.89. The van der Waals surface area contributed by atoms with Crippen molar-refractivity contribution in [3.63, 3.8) is 0 Å². The van der Waals surface area contributed by atoms with Crippen LogP contribution in [0.1, 0.15) is 64.6 Å². The summed E-state index contributed by atoms with van der Waals surface area (Å²) in [5.41, 5.74) is 1.78. The fourth-order valence-electron chi connectivity index (χ4n) is 4.22. The number of hydrogen-bond acceptors (Lipinski definition) is 2. The van der Waals surface area contributed by atoms with Crippen LogP contribution in [0.25, 0.3) is 0 Å². The predicted molar refractivity (Wildman–Crippen MR) is 82.9 cm³/mol. The normalized spacial score (nSPS) is 34.0. The van der Waals surface area contributed by atoms with Gasteiger partial charge in [0.2, 0.25) is 0 Å². The third-order valence-corrected chi connectivity index (χ3v) is 6.01. The zero-order valence-electron chi connectivity index (χ0n) is 13.2. The summed E-state index contributed by atoms with van der Waals surface area (Å²) in [6.07, 6.45) is 10.8. The van der Waals surface area contributed by atoms with Crippen LogP contribution in [0.5, 0.6) is 0 Å². The van der Waals surface area contributed by atoms with Gasteiger partial charge in [-0.25, -0.2) is 4.98 Å². The highest BCUT2D eigenvalue weighted by Gasteiger charge is 2.35. The molecule has 1 aliphatic heterocycles. The predicted octanol–water partition coefficient (Wildman–Crippen LogP) is 3.52. The van der Waals surface area contributed by atoms with Crippen molar-refractivity contribution in [3.8, 4) is 0 Å². The van der Waals surface area contributed by atoms with E-state index in [1.165, 1.54) is 37.8 Å². The molecule has 0 spiro atoms. The molecule has 0 aromatic carbocycles. The van der Waals surface area contributed by atoms with Crippen molar-refractivity contribution < 1.29 is 0 Å². The summed E-state index contributed by atoms with van der Waals surface area (Å²) in [5.74, 6) is 1.60. The maximum Gasteiger partial charge on any atom is 0.0951 e. The summed E-state index contributed by atoms with van der Waals surface area (Å²) >= 11 is 0. The Morgan fingerprint density at radius 2 is 2.00 bits per heavy atom. The molecule has 112 valence electrons. The second-order valence-corrected chi connectivity index (χ2v) is 7.33. The van der Waals surface area contributed by atoms with Crippen molar-refractivity contribution in [3.05, 3.63) is 18.2 Å². The van der Waals surface area contributed by atoms with Crippen LogP contribution in [-0.4, -0.2) is 22.6 Å². The van der Waals surface area contributed by atoms with Crippen LogP contribution in [0, 0.1) is 11.8 Å². The van der Waals surface area contributed by atoms with Crippen molar-refractivity contribution in [2.45, 2.75) is 64.3 Å². The number of piperidine rings is 1. The van der Waals surface area contributed by atoms with E-state index in [9.17, 15) is 0 Å². The number of nitrogens with one attached hydrogen (secondary N) is 1. The lowest BCUT2D eigenvalue weighted by atomic mass is 9.75. The lowest BCUT2D eigenvalue weighted by molar-refractivity contribution is 0.175. The van der Waals surface area contributed by atoms with Crippen molar-refractivity contribution in [1.82, 2.24) is 14.9 Å². The van der Waals surface area contributed by atoms with Gasteiger partial charge < -0.3 is 9.88 Å². The fraction of sp³-hybridized carbons (Fsp3) is 0.824. The van der Waals surface area contributed by atoms with Gasteiger partial charge in [-0.3, -0.25) is 0 Å². The third-order valence-electron chi connectivity index (χ3n) is 6.01. The van der Waals surface area contributed by atoms with Gasteiger partial charge in [-0.15, -0.1) is 0 Å². The second kappa shape index (κ2) is 5.51. The van der Waals surface area contributed by atoms with E-state index < -0.39 is 0 Å². The summed E-state index contributed by atoms with van der Waals surface area (Å²) < 4.78 is 2.53. The number of hydrogen-bond donors (Lipinski definition) is 1. The summed E-state index contributed by atoms with van der Waals surface area (Å²) in [7, 11) is 0.